The first-order valence-electron chi connectivity index (χ1n) is 6.45. The minimum Gasteiger partial charge on any atom is -0.368 e. The van der Waals surface area contributed by atoms with Crippen molar-refractivity contribution in [1.29, 1.82) is 0 Å². The van der Waals surface area contributed by atoms with Gasteiger partial charge in [-0.25, -0.2) is 0 Å². The summed E-state index contributed by atoms with van der Waals surface area (Å²) < 4.78 is 0. The Balaban J connectivity index is 2.14. The molecule has 0 unspecified atom stereocenters. The van der Waals surface area contributed by atoms with E-state index in [1.54, 1.807) is 12.1 Å². The summed E-state index contributed by atoms with van der Waals surface area (Å²) in [6.07, 6.45) is 0. The number of amides is 2. The molecule has 1 atom stereocenters. The number of benzene rings is 2. The Kier molecular flexibility index (Phi) is 5.00. The van der Waals surface area contributed by atoms with E-state index in [9.17, 15) is 9.59 Å². The highest BCUT2D eigenvalue weighted by molar-refractivity contribution is 8.00. The quantitative estimate of drug-likeness (QED) is 0.834. The molecule has 2 rings (SSSR count). The molecule has 21 heavy (non-hydrogen) atoms. The summed E-state index contributed by atoms with van der Waals surface area (Å²) in [6, 6.07) is 16.7. The molecule has 0 fully saturated rings. The van der Waals surface area contributed by atoms with Gasteiger partial charge in [0.15, 0.2) is 0 Å². The van der Waals surface area contributed by atoms with Crippen molar-refractivity contribution >= 4 is 29.3 Å². The van der Waals surface area contributed by atoms with E-state index in [0.717, 1.165) is 16.1 Å². The summed E-state index contributed by atoms with van der Waals surface area (Å²) in [5.41, 5.74) is 7.10. The molecule has 108 valence electrons. The molecule has 0 heterocycles. The van der Waals surface area contributed by atoms with Crippen molar-refractivity contribution in [1.82, 2.24) is 0 Å². The summed E-state index contributed by atoms with van der Waals surface area (Å²) >= 11 is 1.39. The second kappa shape index (κ2) is 6.95. The molecule has 0 radical (unpaired) electrons. The predicted molar refractivity (Wildman–Crippen MR) is 85.0 cm³/mol. The summed E-state index contributed by atoms with van der Waals surface area (Å²) in [4.78, 5) is 23.5. The van der Waals surface area contributed by atoms with Crippen molar-refractivity contribution in [2.24, 2.45) is 5.73 Å². The van der Waals surface area contributed by atoms with E-state index in [-0.39, 0.29) is 11.8 Å². The van der Waals surface area contributed by atoms with Gasteiger partial charge in [0.1, 0.15) is 5.25 Å². The molecule has 5 heteroatoms. The predicted octanol–water partition coefficient (Wildman–Crippen LogP) is 2.96. The van der Waals surface area contributed by atoms with Crippen LogP contribution >= 0.6 is 11.8 Å². The molecule has 0 aliphatic rings. The molecule has 2 aromatic carbocycles. The summed E-state index contributed by atoms with van der Waals surface area (Å²) in [5, 5.41) is 2.27. The molecule has 2 aromatic rings. The van der Waals surface area contributed by atoms with Crippen LogP contribution in [0, 0.1) is 0 Å². The summed E-state index contributed by atoms with van der Waals surface area (Å²) in [7, 11) is 0. The minimum atomic E-state index is -0.433. The highest BCUT2D eigenvalue weighted by atomic mass is 32.2. The van der Waals surface area contributed by atoms with Gasteiger partial charge in [-0.2, -0.15) is 0 Å². The maximum Gasteiger partial charge on any atom is 0.235 e. The van der Waals surface area contributed by atoms with Gasteiger partial charge in [0, 0.05) is 17.5 Å². The fourth-order valence-electron chi connectivity index (χ4n) is 1.87. The van der Waals surface area contributed by atoms with Gasteiger partial charge >= 0.3 is 0 Å². The Morgan fingerprint density at radius 2 is 1.67 bits per heavy atom. The largest absolute Gasteiger partial charge is 0.368 e. The SMILES string of the molecule is CC(=O)Nc1ccc(S[C@H](C(N)=O)c2ccccc2)cc1. The zero-order valence-corrected chi connectivity index (χ0v) is 12.4. The lowest BCUT2D eigenvalue weighted by Crippen LogP contribution is -2.18. The first-order chi connectivity index (χ1) is 10.1. The molecule has 0 saturated carbocycles. The van der Waals surface area contributed by atoms with Crippen molar-refractivity contribution < 1.29 is 9.59 Å². The topological polar surface area (TPSA) is 72.2 Å². The molecule has 0 spiro atoms. The molecule has 2 amide bonds. The van der Waals surface area contributed by atoms with Crippen molar-refractivity contribution in [2.75, 3.05) is 5.32 Å². The molecular formula is C16H16N2O2S. The number of carbonyl (C=O) groups is 2. The van der Waals surface area contributed by atoms with E-state index in [1.165, 1.54) is 18.7 Å². The number of rotatable bonds is 5. The van der Waals surface area contributed by atoms with E-state index in [0.29, 0.717) is 0 Å². The lowest BCUT2D eigenvalue weighted by Gasteiger charge is -2.13. The Labute approximate surface area is 127 Å². The van der Waals surface area contributed by atoms with Crippen LogP contribution in [-0.2, 0) is 9.59 Å². The molecule has 0 aromatic heterocycles. The zero-order valence-electron chi connectivity index (χ0n) is 11.6. The monoisotopic (exact) mass is 300 g/mol. The van der Waals surface area contributed by atoms with Gasteiger partial charge in [0.2, 0.25) is 11.8 Å². The fourth-order valence-corrected chi connectivity index (χ4v) is 2.85. The van der Waals surface area contributed by atoms with E-state index in [1.807, 2.05) is 42.5 Å². The van der Waals surface area contributed by atoms with Gasteiger partial charge in [-0.1, -0.05) is 30.3 Å². The summed E-state index contributed by atoms with van der Waals surface area (Å²) in [5.74, 6) is -0.494. The molecule has 0 aliphatic carbocycles. The number of anilines is 1. The number of hydrogen-bond acceptors (Lipinski definition) is 3. The van der Waals surface area contributed by atoms with Gasteiger partial charge in [0.25, 0.3) is 0 Å². The molecular weight excluding hydrogens is 284 g/mol. The third-order valence-corrected chi connectivity index (χ3v) is 4.07. The Hall–Kier alpha value is -2.27. The van der Waals surface area contributed by atoms with E-state index >= 15 is 0 Å². The number of carbonyl (C=O) groups excluding carboxylic acids is 2. The average Bonchev–Trinajstić information content (AvgIpc) is 2.46. The van der Waals surface area contributed by atoms with Crippen LogP contribution in [0.4, 0.5) is 5.69 Å². The number of nitrogens with two attached hydrogens (primary N) is 1. The van der Waals surface area contributed by atoms with Crippen molar-refractivity contribution in [3.8, 4) is 0 Å². The van der Waals surface area contributed by atoms with Crippen LogP contribution in [0.5, 0.6) is 0 Å². The molecule has 0 bridgehead atoms. The normalized spacial score (nSPS) is 11.7. The highest BCUT2D eigenvalue weighted by Gasteiger charge is 2.18. The number of nitrogens with one attached hydrogen (secondary N) is 1. The van der Waals surface area contributed by atoms with Crippen LogP contribution in [0.1, 0.15) is 17.7 Å². The zero-order chi connectivity index (χ0) is 15.2. The molecule has 0 aliphatic heterocycles. The summed E-state index contributed by atoms with van der Waals surface area (Å²) in [6.45, 7) is 1.46. The second-order valence-corrected chi connectivity index (χ2v) is 5.70. The minimum absolute atomic E-state index is 0.116. The third-order valence-electron chi connectivity index (χ3n) is 2.79. The molecule has 3 N–H and O–H groups in total. The van der Waals surface area contributed by atoms with Gasteiger partial charge in [0.05, 0.1) is 0 Å². The second-order valence-electron chi connectivity index (χ2n) is 4.52. The Morgan fingerprint density at radius 3 is 2.19 bits per heavy atom. The van der Waals surface area contributed by atoms with Crippen LogP contribution in [0.2, 0.25) is 0 Å². The van der Waals surface area contributed by atoms with Gasteiger partial charge in [-0.05, 0) is 29.8 Å². The Bertz CT molecular complexity index is 626. The number of primary amides is 1. The van der Waals surface area contributed by atoms with Crippen LogP contribution in [0.15, 0.2) is 59.5 Å². The van der Waals surface area contributed by atoms with E-state index < -0.39 is 5.25 Å². The van der Waals surface area contributed by atoms with Crippen LogP contribution < -0.4 is 11.1 Å². The van der Waals surface area contributed by atoms with Crippen molar-refractivity contribution in [3.05, 3.63) is 60.2 Å². The maximum absolute atomic E-state index is 11.7. The van der Waals surface area contributed by atoms with Crippen LogP contribution in [-0.4, -0.2) is 11.8 Å². The molecule has 0 saturated heterocycles. The first kappa shape index (κ1) is 15.1. The first-order valence-corrected chi connectivity index (χ1v) is 7.33. The third kappa shape index (κ3) is 4.36. The fraction of sp³-hybridized carbons (Fsp3) is 0.125. The number of hydrogen-bond donors (Lipinski definition) is 2. The smallest absolute Gasteiger partial charge is 0.235 e. The average molecular weight is 300 g/mol. The van der Waals surface area contributed by atoms with Crippen molar-refractivity contribution in [3.63, 3.8) is 0 Å². The number of thioether (sulfide) groups is 1. The standard InChI is InChI=1S/C16H16N2O2S/c1-11(19)18-13-7-9-14(10-8-13)21-15(16(17)20)12-5-3-2-4-6-12/h2-10,15H,1H3,(H2,17,20)(H,18,19)/t15-/m0/s1. The molecule has 4 nitrogen and oxygen atoms in total. The van der Waals surface area contributed by atoms with Crippen LogP contribution in [0.3, 0.4) is 0 Å². The maximum atomic E-state index is 11.7. The van der Waals surface area contributed by atoms with Gasteiger partial charge in [-0.15, -0.1) is 11.8 Å². The van der Waals surface area contributed by atoms with Gasteiger partial charge < -0.3 is 11.1 Å². The van der Waals surface area contributed by atoms with Crippen LogP contribution in [0.25, 0.3) is 0 Å². The van der Waals surface area contributed by atoms with E-state index in [2.05, 4.69) is 5.32 Å². The van der Waals surface area contributed by atoms with Crippen molar-refractivity contribution in [2.45, 2.75) is 17.1 Å². The Morgan fingerprint density at radius 1 is 1.05 bits per heavy atom. The van der Waals surface area contributed by atoms with E-state index in [4.69, 9.17) is 5.73 Å². The lowest BCUT2D eigenvalue weighted by molar-refractivity contribution is -0.117. The highest BCUT2D eigenvalue weighted by Crippen LogP contribution is 2.35. The lowest BCUT2D eigenvalue weighted by atomic mass is 10.1. The van der Waals surface area contributed by atoms with Gasteiger partial charge in [-0.3, -0.25) is 9.59 Å².